The molecule has 15 heavy (non-hydrogen) atoms. The van der Waals surface area contributed by atoms with Crippen LogP contribution in [-0.4, -0.2) is 19.9 Å². The number of halogens is 2. The van der Waals surface area contributed by atoms with Crippen LogP contribution in [0.3, 0.4) is 0 Å². The van der Waals surface area contributed by atoms with E-state index >= 15 is 0 Å². The lowest BCUT2D eigenvalue weighted by Gasteiger charge is -2.13. The average molecular weight is 235 g/mol. The van der Waals surface area contributed by atoms with Crippen molar-refractivity contribution in [1.82, 2.24) is 0 Å². The molecule has 0 fully saturated rings. The summed E-state index contributed by atoms with van der Waals surface area (Å²) in [5.74, 6) is 0.426. The van der Waals surface area contributed by atoms with Crippen molar-refractivity contribution < 1.29 is 18.0 Å². The summed E-state index contributed by atoms with van der Waals surface area (Å²) in [6.07, 6.45) is 0. The van der Waals surface area contributed by atoms with Crippen molar-refractivity contribution in [2.45, 2.75) is 6.61 Å². The van der Waals surface area contributed by atoms with Gasteiger partial charge in [0, 0.05) is 6.07 Å². The van der Waals surface area contributed by atoms with Crippen LogP contribution in [-0.2, 0) is 0 Å². The van der Waals surface area contributed by atoms with Crippen LogP contribution in [0.2, 0.25) is 0 Å². The van der Waals surface area contributed by atoms with E-state index < -0.39 is 14.8 Å². The van der Waals surface area contributed by atoms with Gasteiger partial charge in [-0.2, -0.15) is 8.78 Å². The Balaban J connectivity index is 2.85. The minimum Gasteiger partial charge on any atom is -0.472 e. The van der Waals surface area contributed by atoms with Crippen molar-refractivity contribution in [2.75, 3.05) is 19.1 Å². The van der Waals surface area contributed by atoms with E-state index in [9.17, 15) is 8.78 Å². The molecule has 1 rings (SSSR count). The first-order chi connectivity index (χ1) is 6.99. The Morgan fingerprint density at radius 3 is 2.53 bits per heavy atom. The molecule has 0 aliphatic heterocycles. The fourth-order valence-electron chi connectivity index (χ4n) is 0.967. The summed E-state index contributed by atoms with van der Waals surface area (Å²) in [5.41, 5.74) is 6.02. The SMILES string of the molecule is CP(C)Oc1cc(OC(F)F)ccc1N. The van der Waals surface area contributed by atoms with E-state index in [-0.39, 0.29) is 5.75 Å². The van der Waals surface area contributed by atoms with Crippen LogP contribution in [0.15, 0.2) is 18.2 Å². The van der Waals surface area contributed by atoms with Gasteiger partial charge in [-0.05, 0) is 25.5 Å². The number of anilines is 1. The lowest BCUT2D eigenvalue weighted by Crippen LogP contribution is -2.02. The Kier molecular flexibility index (Phi) is 4.09. The molecule has 1 aromatic rings. The zero-order valence-electron chi connectivity index (χ0n) is 8.41. The minimum atomic E-state index is -2.84. The highest BCUT2D eigenvalue weighted by Gasteiger charge is 2.08. The molecule has 3 nitrogen and oxygen atoms in total. The Labute approximate surface area is 88.0 Å². The van der Waals surface area contributed by atoms with Crippen LogP contribution in [0.4, 0.5) is 14.5 Å². The van der Waals surface area contributed by atoms with Crippen LogP contribution in [0, 0.1) is 0 Å². The number of alkyl halides is 2. The van der Waals surface area contributed by atoms with Gasteiger partial charge in [0.2, 0.25) is 0 Å². The first kappa shape index (κ1) is 12.0. The van der Waals surface area contributed by atoms with Gasteiger partial charge in [-0.3, -0.25) is 0 Å². The highest BCUT2D eigenvalue weighted by atomic mass is 31.1. The van der Waals surface area contributed by atoms with Crippen LogP contribution >= 0.6 is 8.15 Å². The summed E-state index contributed by atoms with van der Waals surface area (Å²) in [6.45, 7) is 0.927. The van der Waals surface area contributed by atoms with Gasteiger partial charge in [-0.15, -0.1) is 0 Å². The van der Waals surface area contributed by atoms with Gasteiger partial charge >= 0.3 is 6.61 Å². The van der Waals surface area contributed by atoms with E-state index in [0.29, 0.717) is 11.4 Å². The predicted octanol–water partition coefficient (Wildman–Crippen LogP) is 2.91. The topological polar surface area (TPSA) is 44.5 Å². The predicted molar refractivity (Wildman–Crippen MR) is 56.9 cm³/mol. The number of hydrogen-bond donors (Lipinski definition) is 1. The minimum absolute atomic E-state index is 0.0473. The molecule has 6 heteroatoms. The van der Waals surface area contributed by atoms with Crippen LogP contribution < -0.4 is 15.0 Å². The summed E-state index contributed by atoms with van der Waals surface area (Å²) in [6, 6.07) is 4.22. The lowest BCUT2D eigenvalue weighted by molar-refractivity contribution is -0.0498. The number of ether oxygens (including phenoxy) is 1. The van der Waals surface area contributed by atoms with Gasteiger partial charge in [0.1, 0.15) is 11.5 Å². The van der Waals surface area contributed by atoms with E-state index in [0.717, 1.165) is 0 Å². The summed E-state index contributed by atoms with van der Waals surface area (Å²) >= 11 is 0. The van der Waals surface area contributed by atoms with E-state index in [1.54, 1.807) is 0 Å². The molecule has 0 atom stereocenters. The van der Waals surface area contributed by atoms with Gasteiger partial charge < -0.3 is 15.0 Å². The van der Waals surface area contributed by atoms with Crippen LogP contribution in [0.5, 0.6) is 11.5 Å². The van der Waals surface area contributed by atoms with E-state index in [2.05, 4.69) is 4.74 Å². The maximum atomic E-state index is 11.9. The van der Waals surface area contributed by atoms with Gasteiger partial charge in [-0.1, -0.05) is 0 Å². The quantitative estimate of drug-likeness (QED) is 0.644. The Morgan fingerprint density at radius 2 is 2.00 bits per heavy atom. The molecule has 0 aliphatic carbocycles. The van der Waals surface area contributed by atoms with Gasteiger partial charge in [0.05, 0.1) is 13.8 Å². The molecule has 0 aromatic heterocycles. The number of nitrogen functional groups attached to an aromatic ring is 1. The third kappa shape index (κ3) is 3.88. The summed E-state index contributed by atoms with van der Waals surface area (Å²) < 4.78 is 33.5. The molecule has 0 amide bonds. The van der Waals surface area contributed by atoms with Crippen molar-refractivity contribution in [3.8, 4) is 11.5 Å². The first-order valence-corrected chi connectivity index (χ1v) is 6.34. The van der Waals surface area contributed by atoms with E-state index in [1.165, 1.54) is 18.2 Å². The zero-order valence-corrected chi connectivity index (χ0v) is 9.30. The van der Waals surface area contributed by atoms with Crippen molar-refractivity contribution in [3.05, 3.63) is 18.2 Å². The number of hydrogen-bond acceptors (Lipinski definition) is 3. The Bertz CT molecular complexity index is 334. The normalized spacial score (nSPS) is 10.8. The second-order valence-corrected chi connectivity index (χ2v) is 4.79. The van der Waals surface area contributed by atoms with E-state index in [4.69, 9.17) is 10.3 Å². The monoisotopic (exact) mass is 235 g/mol. The fraction of sp³-hybridized carbons (Fsp3) is 0.333. The zero-order chi connectivity index (χ0) is 11.4. The van der Waals surface area contributed by atoms with Crippen LogP contribution in [0.1, 0.15) is 0 Å². The number of rotatable bonds is 4. The average Bonchev–Trinajstić information content (AvgIpc) is 2.09. The standard InChI is InChI=1S/C9H12F2NO2P/c1-15(2)14-8-5-6(13-9(10)11)3-4-7(8)12/h3-5,9H,12H2,1-2H3. The largest absolute Gasteiger partial charge is 0.472 e. The van der Waals surface area contributed by atoms with Crippen molar-refractivity contribution >= 4 is 13.8 Å². The van der Waals surface area contributed by atoms with Crippen LogP contribution in [0.25, 0.3) is 0 Å². The first-order valence-electron chi connectivity index (χ1n) is 4.18. The number of nitrogens with two attached hydrogens (primary N) is 1. The third-order valence-electron chi connectivity index (χ3n) is 1.49. The fourth-order valence-corrected chi connectivity index (χ4v) is 1.52. The molecule has 0 heterocycles. The molecule has 0 bridgehead atoms. The number of benzene rings is 1. The molecule has 0 saturated heterocycles. The van der Waals surface area contributed by atoms with Gasteiger partial charge in [0.25, 0.3) is 0 Å². The molecule has 0 spiro atoms. The molecular formula is C9H12F2NO2P. The molecular weight excluding hydrogens is 223 g/mol. The van der Waals surface area contributed by atoms with Crippen molar-refractivity contribution in [1.29, 1.82) is 0 Å². The lowest BCUT2D eigenvalue weighted by atomic mass is 10.3. The molecule has 0 unspecified atom stereocenters. The van der Waals surface area contributed by atoms with E-state index in [1.807, 2.05) is 13.3 Å². The summed E-state index contributed by atoms with van der Waals surface area (Å²) in [5, 5.41) is 0. The highest BCUT2D eigenvalue weighted by Crippen LogP contribution is 2.36. The maximum absolute atomic E-state index is 11.9. The summed E-state index contributed by atoms with van der Waals surface area (Å²) in [7, 11) is -0.649. The smallest absolute Gasteiger partial charge is 0.387 e. The third-order valence-corrected chi connectivity index (χ3v) is 2.05. The maximum Gasteiger partial charge on any atom is 0.387 e. The molecule has 1 aromatic carbocycles. The Hall–Kier alpha value is -1.09. The molecule has 84 valence electrons. The van der Waals surface area contributed by atoms with Crippen molar-refractivity contribution in [3.63, 3.8) is 0 Å². The van der Waals surface area contributed by atoms with Gasteiger partial charge in [0.15, 0.2) is 0 Å². The summed E-state index contributed by atoms with van der Waals surface area (Å²) in [4.78, 5) is 0. The Morgan fingerprint density at radius 1 is 1.33 bits per heavy atom. The van der Waals surface area contributed by atoms with Gasteiger partial charge in [-0.25, -0.2) is 0 Å². The second kappa shape index (κ2) is 5.12. The molecule has 2 N–H and O–H groups in total. The molecule has 0 saturated carbocycles. The highest BCUT2D eigenvalue weighted by molar-refractivity contribution is 7.51. The second-order valence-electron chi connectivity index (χ2n) is 2.98. The van der Waals surface area contributed by atoms with Crippen molar-refractivity contribution in [2.24, 2.45) is 0 Å². The molecule has 0 aliphatic rings. The molecule has 0 radical (unpaired) electrons.